The molecule has 0 saturated heterocycles. The summed E-state index contributed by atoms with van der Waals surface area (Å²) in [5.74, 6) is 1.28. The summed E-state index contributed by atoms with van der Waals surface area (Å²) >= 11 is 6.39. The van der Waals surface area contributed by atoms with Gasteiger partial charge in [-0.15, -0.1) is 13.2 Å². The highest BCUT2D eigenvalue weighted by Gasteiger charge is 2.38. The Morgan fingerprint density at radius 2 is 2.00 bits per heavy atom. The number of fused-ring (bicyclic) bond motifs is 1. The van der Waals surface area contributed by atoms with Crippen molar-refractivity contribution in [3.8, 4) is 5.75 Å². The third kappa shape index (κ3) is 7.39. The van der Waals surface area contributed by atoms with Crippen molar-refractivity contribution in [2.75, 3.05) is 31.6 Å². The normalized spacial score (nSPS) is 22.0. The van der Waals surface area contributed by atoms with E-state index in [1.54, 1.807) is 24.1 Å². The molecule has 1 heterocycles. The molecule has 0 bridgehead atoms. The summed E-state index contributed by atoms with van der Waals surface area (Å²) in [6.07, 6.45) is 6.67. The van der Waals surface area contributed by atoms with Crippen LogP contribution in [0.15, 0.2) is 61.7 Å². The van der Waals surface area contributed by atoms with Crippen LogP contribution in [0.3, 0.4) is 0 Å². The molecule has 4 rings (SSSR count). The maximum absolute atomic E-state index is 12.9. The molecule has 2 aromatic rings. The van der Waals surface area contributed by atoms with Gasteiger partial charge >= 0.3 is 0 Å². The minimum atomic E-state index is -0.937. The fraction of sp³-hybridized carbons (Fsp3) is 0.514. The average Bonchev–Trinajstić information content (AvgIpc) is 3.14. The molecular weight excluding hydrogens is 548 g/mol. The summed E-state index contributed by atoms with van der Waals surface area (Å²) in [6.45, 7) is 13.8. The number of ether oxygens (including phenoxy) is 1. The van der Waals surface area contributed by atoms with Crippen LogP contribution in [0, 0.1) is 11.8 Å². The molecule has 6 nitrogen and oxygen atoms in total. The zero-order valence-electron chi connectivity index (χ0n) is 25.3. The highest BCUT2D eigenvalue weighted by Crippen LogP contribution is 2.43. The van der Waals surface area contributed by atoms with Gasteiger partial charge in [-0.1, -0.05) is 49.2 Å². The SMILES string of the molecule is C=CC[C@@H](C)N(C)C(=O)CC(O)c1ccc2c(c1)N(CC1CCC1C(O)C=C)CC(c1ccc(Cl)cc1CCC)CO2. The third-order valence-corrected chi connectivity index (χ3v) is 9.43. The van der Waals surface area contributed by atoms with Crippen molar-refractivity contribution < 1.29 is 19.7 Å². The van der Waals surface area contributed by atoms with Crippen molar-refractivity contribution in [1.29, 1.82) is 0 Å². The summed E-state index contributed by atoms with van der Waals surface area (Å²) < 4.78 is 6.44. The van der Waals surface area contributed by atoms with Gasteiger partial charge in [0.05, 0.1) is 30.9 Å². The zero-order valence-corrected chi connectivity index (χ0v) is 26.1. The summed E-state index contributed by atoms with van der Waals surface area (Å²) in [4.78, 5) is 17.0. The highest BCUT2D eigenvalue weighted by molar-refractivity contribution is 6.30. The number of hydrogen-bond donors (Lipinski definition) is 2. The van der Waals surface area contributed by atoms with E-state index in [2.05, 4.69) is 37.1 Å². The van der Waals surface area contributed by atoms with E-state index in [4.69, 9.17) is 16.3 Å². The van der Waals surface area contributed by atoms with Crippen LogP contribution in [0.4, 0.5) is 5.69 Å². The molecule has 2 aromatic carbocycles. The first kappa shape index (κ1) is 32.1. The lowest BCUT2D eigenvalue weighted by Crippen LogP contribution is -2.43. The second-order valence-electron chi connectivity index (χ2n) is 12.1. The number of halogens is 1. The molecule has 1 amide bonds. The van der Waals surface area contributed by atoms with E-state index < -0.39 is 12.2 Å². The second kappa shape index (κ2) is 14.6. The topological polar surface area (TPSA) is 73.2 Å². The van der Waals surface area contributed by atoms with Crippen LogP contribution in [0.1, 0.15) is 74.7 Å². The van der Waals surface area contributed by atoms with E-state index in [1.807, 2.05) is 31.2 Å². The molecule has 228 valence electrons. The van der Waals surface area contributed by atoms with Crippen molar-refractivity contribution in [1.82, 2.24) is 4.90 Å². The van der Waals surface area contributed by atoms with E-state index in [9.17, 15) is 15.0 Å². The van der Waals surface area contributed by atoms with Crippen LogP contribution in [-0.2, 0) is 11.2 Å². The molecule has 1 aliphatic heterocycles. The Morgan fingerprint density at radius 1 is 1.21 bits per heavy atom. The molecule has 0 radical (unpaired) electrons. The number of benzene rings is 2. The fourth-order valence-corrected chi connectivity index (χ4v) is 6.53. The van der Waals surface area contributed by atoms with Gasteiger partial charge in [0, 0.05) is 37.1 Å². The average molecular weight is 595 g/mol. The van der Waals surface area contributed by atoms with Crippen LogP contribution in [0.2, 0.25) is 5.02 Å². The van der Waals surface area contributed by atoms with E-state index >= 15 is 0 Å². The number of aliphatic hydroxyl groups excluding tert-OH is 2. The highest BCUT2D eigenvalue weighted by atomic mass is 35.5. The molecule has 5 unspecified atom stereocenters. The van der Waals surface area contributed by atoms with Crippen LogP contribution in [-0.4, -0.2) is 59.9 Å². The van der Waals surface area contributed by atoms with Gasteiger partial charge in [0.25, 0.3) is 0 Å². The Labute approximate surface area is 256 Å². The van der Waals surface area contributed by atoms with E-state index in [-0.39, 0.29) is 30.2 Å². The molecule has 1 aliphatic carbocycles. The minimum absolute atomic E-state index is 0.00162. The molecule has 6 atom stereocenters. The molecule has 2 N–H and O–H groups in total. The lowest BCUT2D eigenvalue weighted by molar-refractivity contribution is -0.133. The standard InChI is InChI=1S/C35H47ClN2O4/c1-6-9-23(4)37(5)35(41)19-33(40)25-12-16-34-31(18-25)38(20-26-11-14-30(26)32(39)8-3)21-27(22-42-34)29-15-13-28(36)17-24(29)10-7-2/h6,8,12-13,15-18,23,26-27,30,32-33,39-40H,1,3,7,9-11,14,19-22H2,2,4-5H3/t23-,26?,27?,30?,32?,33?/m1/s1. The fourth-order valence-electron chi connectivity index (χ4n) is 6.34. The molecule has 42 heavy (non-hydrogen) atoms. The van der Waals surface area contributed by atoms with Gasteiger partial charge in [-0.25, -0.2) is 0 Å². The first-order valence-corrected chi connectivity index (χ1v) is 15.7. The Hall–Kier alpha value is -2.80. The largest absolute Gasteiger partial charge is 0.491 e. The number of nitrogens with zero attached hydrogens (tertiary/aromatic N) is 2. The first-order chi connectivity index (χ1) is 20.2. The number of anilines is 1. The van der Waals surface area contributed by atoms with Gasteiger partial charge in [0.15, 0.2) is 0 Å². The molecule has 1 fully saturated rings. The molecular formula is C35H47ClN2O4. The predicted molar refractivity (Wildman–Crippen MR) is 171 cm³/mol. The van der Waals surface area contributed by atoms with Gasteiger partial charge in [-0.2, -0.15) is 0 Å². The summed E-state index contributed by atoms with van der Waals surface area (Å²) in [7, 11) is 1.77. The van der Waals surface area contributed by atoms with Crippen molar-refractivity contribution in [2.24, 2.45) is 11.8 Å². The van der Waals surface area contributed by atoms with Crippen LogP contribution < -0.4 is 9.64 Å². The maximum Gasteiger partial charge on any atom is 0.225 e. The number of aliphatic hydroxyl groups is 2. The Balaban J connectivity index is 1.63. The van der Waals surface area contributed by atoms with Crippen molar-refractivity contribution >= 4 is 23.2 Å². The van der Waals surface area contributed by atoms with Crippen molar-refractivity contribution in [3.63, 3.8) is 0 Å². The summed E-state index contributed by atoms with van der Waals surface area (Å²) in [5.41, 5.74) is 4.10. The second-order valence-corrected chi connectivity index (χ2v) is 12.5. The molecule has 7 heteroatoms. The lowest BCUT2D eigenvalue weighted by atomic mass is 9.70. The molecule has 2 aliphatic rings. The lowest BCUT2D eigenvalue weighted by Gasteiger charge is -2.42. The number of carbonyl (C=O) groups is 1. The van der Waals surface area contributed by atoms with Gasteiger partial charge < -0.3 is 24.7 Å². The molecule has 1 saturated carbocycles. The Kier molecular flexibility index (Phi) is 11.2. The summed E-state index contributed by atoms with van der Waals surface area (Å²) in [6, 6.07) is 11.9. The number of aryl methyl sites for hydroxylation is 1. The van der Waals surface area contributed by atoms with Crippen LogP contribution >= 0.6 is 11.6 Å². The number of hydrogen-bond acceptors (Lipinski definition) is 5. The number of carbonyl (C=O) groups excluding carboxylic acids is 1. The maximum atomic E-state index is 12.9. The monoisotopic (exact) mass is 594 g/mol. The summed E-state index contributed by atoms with van der Waals surface area (Å²) in [5, 5.41) is 22.5. The third-order valence-electron chi connectivity index (χ3n) is 9.20. The van der Waals surface area contributed by atoms with E-state index in [0.29, 0.717) is 24.5 Å². The Morgan fingerprint density at radius 3 is 2.67 bits per heavy atom. The van der Waals surface area contributed by atoms with Gasteiger partial charge in [-0.3, -0.25) is 4.79 Å². The van der Waals surface area contributed by atoms with Gasteiger partial charge in [-0.05, 0) is 85.4 Å². The minimum Gasteiger partial charge on any atom is -0.491 e. The molecule has 0 spiro atoms. The van der Waals surface area contributed by atoms with Crippen LogP contribution in [0.5, 0.6) is 5.75 Å². The predicted octanol–water partition coefficient (Wildman–Crippen LogP) is 6.69. The van der Waals surface area contributed by atoms with Crippen LogP contribution in [0.25, 0.3) is 0 Å². The quantitative estimate of drug-likeness (QED) is 0.253. The van der Waals surface area contributed by atoms with E-state index in [0.717, 1.165) is 55.2 Å². The van der Waals surface area contributed by atoms with Crippen molar-refractivity contribution in [2.45, 2.75) is 76.5 Å². The van der Waals surface area contributed by atoms with Crippen molar-refractivity contribution in [3.05, 3.63) is 83.4 Å². The number of rotatable bonds is 13. The van der Waals surface area contributed by atoms with Gasteiger partial charge in [0.2, 0.25) is 5.91 Å². The zero-order chi connectivity index (χ0) is 30.4. The van der Waals surface area contributed by atoms with Gasteiger partial charge in [0.1, 0.15) is 5.75 Å². The number of amides is 1. The first-order valence-electron chi connectivity index (χ1n) is 15.3. The molecule has 0 aromatic heterocycles. The Bertz CT molecular complexity index is 1250. The van der Waals surface area contributed by atoms with E-state index in [1.165, 1.54) is 11.1 Å². The smallest absolute Gasteiger partial charge is 0.225 e.